The molecule has 2 aromatic carbocycles. The van der Waals surface area contributed by atoms with Gasteiger partial charge in [-0.15, -0.1) is 11.8 Å². The van der Waals surface area contributed by atoms with Crippen LogP contribution >= 0.6 is 11.8 Å². The van der Waals surface area contributed by atoms with Crippen LogP contribution < -0.4 is 9.47 Å². The molecule has 28 heavy (non-hydrogen) atoms. The number of ether oxygens (including phenoxy) is 2. The fourth-order valence-corrected chi connectivity index (χ4v) is 5.61. The van der Waals surface area contributed by atoms with Gasteiger partial charge < -0.3 is 14.3 Å². The minimum Gasteiger partial charge on any atom is -0.497 e. The molecule has 3 nitrogen and oxygen atoms in total. The molecule has 0 bridgehead atoms. The lowest BCUT2D eigenvalue weighted by molar-refractivity contribution is -0.107. The summed E-state index contributed by atoms with van der Waals surface area (Å²) in [4.78, 5) is 11.9. The lowest BCUT2D eigenvalue weighted by Crippen LogP contribution is -2.36. The predicted octanol–water partition coefficient (Wildman–Crippen LogP) is 6.00. The van der Waals surface area contributed by atoms with Crippen LogP contribution in [0.15, 0.2) is 47.4 Å². The van der Waals surface area contributed by atoms with Crippen LogP contribution in [-0.4, -0.2) is 26.3 Å². The number of carbonyl (C=O) groups is 1. The SMILES string of the molecule is COc1ccc(C2(C)CSc3cc(OC)ccc3C2CCCCCC=O)cc1. The van der Waals surface area contributed by atoms with Crippen molar-refractivity contribution in [1.29, 1.82) is 0 Å². The standard InChI is InChI=1S/C24H30O3S/c1-24(18-9-11-19(26-2)12-10-18)17-28-23-16-20(27-3)13-14-21(23)22(24)8-6-4-5-7-15-25/h9-16,22H,4-8,17H2,1-3H3. The molecule has 0 fully saturated rings. The Morgan fingerprint density at radius 1 is 1.04 bits per heavy atom. The van der Waals surface area contributed by atoms with Gasteiger partial charge in [-0.3, -0.25) is 0 Å². The first-order valence-electron chi connectivity index (χ1n) is 10.0. The number of rotatable bonds is 9. The van der Waals surface area contributed by atoms with E-state index in [9.17, 15) is 4.79 Å². The van der Waals surface area contributed by atoms with Crippen molar-refractivity contribution in [3.05, 3.63) is 53.6 Å². The minimum atomic E-state index is 0.0587. The van der Waals surface area contributed by atoms with Gasteiger partial charge in [0.05, 0.1) is 14.2 Å². The van der Waals surface area contributed by atoms with Crippen molar-refractivity contribution in [2.75, 3.05) is 20.0 Å². The number of unbranched alkanes of at least 4 members (excludes halogenated alkanes) is 3. The third kappa shape index (κ3) is 4.38. The van der Waals surface area contributed by atoms with Crippen LogP contribution in [0.5, 0.6) is 11.5 Å². The monoisotopic (exact) mass is 398 g/mol. The van der Waals surface area contributed by atoms with Gasteiger partial charge in [-0.1, -0.05) is 38.0 Å². The van der Waals surface area contributed by atoms with Crippen LogP contribution in [0.25, 0.3) is 0 Å². The number of aldehydes is 1. The van der Waals surface area contributed by atoms with Crippen LogP contribution in [0.3, 0.4) is 0 Å². The Hall–Kier alpha value is -1.94. The maximum atomic E-state index is 10.6. The largest absolute Gasteiger partial charge is 0.497 e. The van der Waals surface area contributed by atoms with E-state index in [2.05, 4.69) is 49.4 Å². The first-order valence-corrected chi connectivity index (χ1v) is 11.0. The lowest BCUT2D eigenvalue weighted by atomic mass is 9.68. The van der Waals surface area contributed by atoms with Crippen LogP contribution in [0.2, 0.25) is 0 Å². The van der Waals surface area contributed by atoms with Gasteiger partial charge in [-0.2, -0.15) is 0 Å². The summed E-state index contributed by atoms with van der Waals surface area (Å²) in [5, 5.41) is 0. The second kappa shape index (κ2) is 9.51. The quantitative estimate of drug-likeness (QED) is 0.383. The second-order valence-electron chi connectivity index (χ2n) is 7.70. The van der Waals surface area contributed by atoms with Crippen molar-refractivity contribution in [3.8, 4) is 11.5 Å². The summed E-state index contributed by atoms with van der Waals surface area (Å²) in [6.45, 7) is 2.39. The molecule has 0 aromatic heterocycles. The highest BCUT2D eigenvalue weighted by Gasteiger charge is 2.41. The fraction of sp³-hybridized carbons (Fsp3) is 0.458. The van der Waals surface area contributed by atoms with Gasteiger partial charge in [-0.25, -0.2) is 0 Å². The molecule has 3 rings (SSSR count). The van der Waals surface area contributed by atoms with E-state index in [1.807, 2.05) is 11.8 Å². The summed E-state index contributed by atoms with van der Waals surface area (Å²) < 4.78 is 10.8. The molecule has 1 aliphatic heterocycles. The van der Waals surface area contributed by atoms with Crippen LogP contribution in [0.4, 0.5) is 0 Å². The minimum absolute atomic E-state index is 0.0587. The zero-order chi connectivity index (χ0) is 20.0. The van der Waals surface area contributed by atoms with Crippen molar-refractivity contribution in [1.82, 2.24) is 0 Å². The number of hydrogen-bond donors (Lipinski definition) is 0. The number of hydrogen-bond acceptors (Lipinski definition) is 4. The van der Waals surface area contributed by atoms with Gasteiger partial charge in [0, 0.05) is 22.5 Å². The first kappa shape index (κ1) is 20.8. The zero-order valence-corrected chi connectivity index (χ0v) is 17.9. The van der Waals surface area contributed by atoms with Gasteiger partial charge in [0.15, 0.2) is 0 Å². The second-order valence-corrected chi connectivity index (χ2v) is 8.71. The number of carbonyl (C=O) groups excluding carboxylic acids is 1. The van der Waals surface area contributed by atoms with Gasteiger partial charge in [0.25, 0.3) is 0 Å². The Bertz CT molecular complexity index is 787. The van der Waals surface area contributed by atoms with E-state index >= 15 is 0 Å². The molecule has 0 N–H and O–H groups in total. The van der Waals surface area contributed by atoms with Crippen LogP contribution in [-0.2, 0) is 10.2 Å². The number of methoxy groups -OCH3 is 2. The molecular formula is C24H30O3S. The number of benzene rings is 2. The third-order valence-electron chi connectivity index (χ3n) is 5.96. The van der Waals surface area contributed by atoms with Crippen LogP contribution in [0.1, 0.15) is 56.1 Å². The molecule has 1 aliphatic rings. The molecule has 0 saturated carbocycles. The highest BCUT2D eigenvalue weighted by molar-refractivity contribution is 7.99. The van der Waals surface area contributed by atoms with E-state index in [-0.39, 0.29) is 5.41 Å². The smallest absolute Gasteiger partial charge is 0.119 e. The average Bonchev–Trinajstić information content (AvgIpc) is 2.74. The Kier molecular flexibility index (Phi) is 7.06. The van der Waals surface area contributed by atoms with E-state index in [1.54, 1.807) is 14.2 Å². The Morgan fingerprint density at radius 3 is 2.43 bits per heavy atom. The molecule has 0 amide bonds. The highest BCUT2D eigenvalue weighted by atomic mass is 32.2. The van der Waals surface area contributed by atoms with Gasteiger partial charge >= 0.3 is 0 Å². The Balaban J connectivity index is 1.91. The summed E-state index contributed by atoms with van der Waals surface area (Å²) in [5.74, 6) is 3.30. The molecule has 4 heteroatoms. The number of thioether (sulfide) groups is 1. The van der Waals surface area contributed by atoms with Crippen molar-refractivity contribution >= 4 is 18.0 Å². The molecule has 0 spiro atoms. The molecule has 0 aliphatic carbocycles. The summed E-state index contributed by atoms with van der Waals surface area (Å²) in [6.07, 6.45) is 6.05. The average molecular weight is 399 g/mol. The topological polar surface area (TPSA) is 35.5 Å². The van der Waals surface area contributed by atoms with Crippen molar-refractivity contribution in [2.24, 2.45) is 0 Å². The maximum Gasteiger partial charge on any atom is 0.119 e. The summed E-state index contributed by atoms with van der Waals surface area (Å²) >= 11 is 1.92. The van der Waals surface area contributed by atoms with E-state index in [1.165, 1.54) is 16.0 Å². The van der Waals surface area contributed by atoms with E-state index in [0.717, 1.165) is 49.2 Å². The van der Waals surface area contributed by atoms with E-state index in [4.69, 9.17) is 9.47 Å². The molecular weight excluding hydrogens is 368 g/mol. The lowest BCUT2D eigenvalue weighted by Gasteiger charge is -2.43. The molecule has 2 atom stereocenters. The van der Waals surface area contributed by atoms with Gasteiger partial charge in [-0.05, 0) is 54.2 Å². The van der Waals surface area contributed by atoms with Gasteiger partial charge in [0.1, 0.15) is 17.8 Å². The number of fused-ring (bicyclic) bond motifs is 1. The zero-order valence-electron chi connectivity index (χ0n) is 17.1. The summed E-state index contributed by atoms with van der Waals surface area (Å²) in [7, 11) is 3.43. The molecule has 0 radical (unpaired) electrons. The summed E-state index contributed by atoms with van der Waals surface area (Å²) in [5.41, 5.74) is 2.84. The van der Waals surface area contributed by atoms with Crippen molar-refractivity contribution in [3.63, 3.8) is 0 Å². The predicted molar refractivity (Wildman–Crippen MR) is 116 cm³/mol. The summed E-state index contributed by atoms with van der Waals surface area (Å²) in [6, 6.07) is 15.1. The van der Waals surface area contributed by atoms with Crippen molar-refractivity contribution < 1.29 is 14.3 Å². The molecule has 2 aromatic rings. The Labute approximate surface area is 172 Å². The van der Waals surface area contributed by atoms with E-state index < -0.39 is 0 Å². The van der Waals surface area contributed by atoms with Crippen molar-refractivity contribution in [2.45, 2.75) is 55.3 Å². The molecule has 2 unspecified atom stereocenters. The first-order chi connectivity index (χ1) is 13.6. The third-order valence-corrected chi connectivity index (χ3v) is 7.37. The van der Waals surface area contributed by atoms with Gasteiger partial charge in [0.2, 0.25) is 0 Å². The highest BCUT2D eigenvalue weighted by Crippen LogP contribution is 2.52. The fourth-order valence-electron chi connectivity index (χ4n) is 4.21. The molecule has 0 saturated heterocycles. The Morgan fingerprint density at radius 2 is 1.75 bits per heavy atom. The maximum absolute atomic E-state index is 10.6. The molecule has 1 heterocycles. The molecule has 150 valence electrons. The van der Waals surface area contributed by atoms with E-state index in [0.29, 0.717) is 12.3 Å². The normalized spacial score (nSPS) is 21.0. The van der Waals surface area contributed by atoms with Crippen LogP contribution in [0, 0.1) is 0 Å².